The first-order chi connectivity index (χ1) is 11.1. The van der Waals surface area contributed by atoms with Crippen LogP contribution >= 0.6 is 0 Å². The summed E-state index contributed by atoms with van der Waals surface area (Å²) in [6.07, 6.45) is 5.30. The highest BCUT2D eigenvalue weighted by atomic mass is 16.4. The summed E-state index contributed by atoms with van der Waals surface area (Å²) < 4.78 is 1.72. The molecule has 23 heavy (non-hydrogen) atoms. The predicted molar refractivity (Wildman–Crippen MR) is 84.0 cm³/mol. The van der Waals surface area contributed by atoms with Gasteiger partial charge in [-0.15, -0.1) is 0 Å². The number of nitrogens with one attached hydrogen (secondary N) is 1. The van der Waals surface area contributed by atoms with Gasteiger partial charge >= 0.3 is 6.09 Å². The van der Waals surface area contributed by atoms with Gasteiger partial charge in [-0.25, -0.2) is 14.5 Å². The smallest absolute Gasteiger partial charge is 0.405 e. The highest BCUT2D eigenvalue weighted by Gasteiger charge is 2.37. The molecule has 9 heteroatoms. The summed E-state index contributed by atoms with van der Waals surface area (Å²) in [5, 5.41) is 16.0. The fourth-order valence-corrected chi connectivity index (χ4v) is 3.26. The fourth-order valence-electron chi connectivity index (χ4n) is 3.26. The summed E-state index contributed by atoms with van der Waals surface area (Å²) >= 11 is 0. The molecule has 1 aliphatic heterocycles. The first kappa shape index (κ1) is 15.1. The summed E-state index contributed by atoms with van der Waals surface area (Å²) in [7, 11) is 0. The van der Waals surface area contributed by atoms with Crippen LogP contribution in [-0.4, -0.2) is 50.1 Å². The van der Waals surface area contributed by atoms with Crippen molar-refractivity contribution >= 4 is 17.5 Å². The quantitative estimate of drug-likeness (QED) is 0.757. The van der Waals surface area contributed by atoms with Gasteiger partial charge in [0.1, 0.15) is 12.7 Å². The number of nitrogens with two attached hydrogens (primary N) is 1. The molecule has 2 aromatic heterocycles. The highest BCUT2D eigenvalue weighted by molar-refractivity contribution is 5.67. The van der Waals surface area contributed by atoms with Crippen molar-refractivity contribution in [3.63, 3.8) is 0 Å². The maximum absolute atomic E-state index is 11.2. The van der Waals surface area contributed by atoms with Gasteiger partial charge in [0.05, 0.1) is 29.7 Å². The van der Waals surface area contributed by atoms with Crippen molar-refractivity contribution in [2.24, 2.45) is 5.92 Å². The van der Waals surface area contributed by atoms with Crippen LogP contribution in [0.5, 0.6) is 0 Å². The van der Waals surface area contributed by atoms with E-state index in [9.17, 15) is 4.79 Å². The lowest BCUT2D eigenvalue weighted by Gasteiger charge is -2.43. The number of carboxylic acid groups (broad SMARTS) is 1. The van der Waals surface area contributed by atoms with E-state index in [-0.39, 0.29) is 18.0 Å². The monoisotopic (exact) mass is 317 g/mol. The van der Waals surface area contributed by atoms with Crippen LogP contribution in [0.2, 0.25) is 0 Å². The highest BCUT2D eigenvalue weighted by Crippen LogP contribution is 2.32. The molecule has 1 aliphatic rings. The van der Waals surface area contributed by atoms with Gasteiger partial charge in [0.25, 0.3) is 0 Å². The summed E-state index contributed by atoms with van der Waals surface area (Å²) in [5.41, 5.74) is 7.44. The van der Waals surface area contributed by atoms with Crippen LogP contribution in [0, 0.1) is 5.92 Å². The third-order valence-corrected chi connectivity index (χ3v) is 4.14. The Bertz CT molecular complexity index is 676. The molecular formula is C14H19N7O2. The number of piperidine rings is 1. The molecule has 9 nitrogen and oxygen atoms in total. The first-order valence-electron chi connectivity index (χ1n) is 7.34. The van der Waals surface area contributed by atoms with E-state index < -0.39 is 6.09 Å². The zero-order valence-corrected chi connectivity index (χ0v) is 12.7. The van der Waals surface area contributed by atoms with E-state index in [1.54, 1.807) is 23.4 Å². The van der Waals surface area contributed by atoms with Crippen molar-refractivity contribution in [1.82, 2.24) is 25.1 Å². The van der Waals surface area contributed by atoms with Crippen molar-refractivity contribution in [1.29, 1.82) is 0 Å². The van der Waals surface area contributed by atoms with Crippen LogP contribution in [0.3, 0.4) is 0 Å². The van der Waals surface area contributed by atoms with E-state index in [1.165, 1.54) is 6.33 Å². The number of pyridine rings is 1. The predicted octanol–water partition coefficient (Wildman–Crippen LogP) is 0.589. The molecule has 4 N–H and O–H groups in total. The third kappa shape index (κ3) is 3.03. The normalized spacial score (nSPS) is 24.4. The number of nitrogen functional groups attached to an aromatic ring is 1. The number of hydrogen-bond donors (Lipinski definition) is 3. The van der Waals surface area contributed by atoms with Crippen LogP contribution in [0.15, 0.2) is 31.1 Å². The Balaban J connectivity index is 1.89. The zero-order chi connectivity index (χ0) is 16.4. The molecule has 0 spiro atoms. The van der Waals surface area contributed by atoms with E-state index in [0.29, 0.717) is 12.2 Å². The van der Waals surface area contributed by atoms with Gasteiger partial charge in [0.15, 0.2) is 0 Å². The van der Waals surface area contributed by atoms with Gasteiger partial charge in [-0.1, -0.05) is 6.92 Å². The molecule has 0 radical (unpaired) electrons. The van der Waals surface area contributed by atoms with E-state index in [1.807, 2.05) is 6.07 Å². The molecule has 0 bridgehead atoms. The number of anilines is 2. The SMILES string of the molecule is C[C@H]1CN(c2ccncc2N)C[C@@H](NC(=O)O)[C@H]1n1cncn1. The lowest BCUT2D eigenvalue weighted by molar-refractivity contribution is 0.167. The van der Waals surface area contributed by atoms with Crippen molar-refractivity contribution in [2.75, 3.05) is 23.7 Å². The van der Waals surface area contributed by atoms with Crippen molar-refractivity contribution in [3.05, 3.63) is 31.1 Å². The van der Waals surface area contributed by atoms with Crippen molar-refractivity contribution in [2.45, 2.75) is 19.0 Å². The minimum atomic E-state index is -1.06. The van der Waals surface area contributed by atoms with Gasteiger partial charge in [-0.05, 0) is 12.0 Å². The summed E-state index contributed by atoms with van der Waals surface area (Å²) in [5.74, 6) is 0.148. The molecule has 0 saturated carbocycles. The van der Waals surface area contributed by atoms with Gasteiger partial charge in [-0.3, -0.25) is 4.98 Å². The zero-order valence-electron chi connectivity index (χ0n) is 12.7. The summed E-state index contributed by atoms with van der Waals surface area (Å²) in [6, 6.07) is 1.41. The average molecular weight is 317 g/mol. The van der Waals surface area contributed by atoms with Crippen LogP contribution in [0.4, 0.5) is 16.2 Å². The Labute approximate surface area is 133 Å². The van der Waals surface area contributed by atoms with Gasteiger partial charge < -0.3 is 21.1 Å². The van der Waals surface area contributed by atoms with E-state index in [0.717, 1.165) is 12.2 Å². The van der Waals surface area contributed by atoms with Gasteiger partial charge in [-0.2, -0.15) is 5.10 Å². The molecule has 2 aromatic rings. The summed E-state index contributed by atoms with van der Waals surface area (Å²) in [4.78, 5) is 21.2. The van der Waals surface area contributed by atoms with E-state index in [2.05, 4.69) is 32.2 Å². The largest absolute Gasteiger partial charge is 0.465 e. The van der Waals surface area contributed by atoms with Crippen LogP contribution in [-0.2, 0) is 0 Å². The lowest BCUT2D eigenvalue weighted by atomic mass is 9.89. The number of nitrogens with zero attached hydrogens (tertiary/aromatic N) is 5. The molecule has 1 amide bonds. The average Bonchev–Trinajstić information content (AvgIpc) is 3.00. The second kappa shape index (κ2) is 6.11. The standard InChI is InChI=1S/C14H19N7O2/c1-9-5-20(12-2-3-16-4-10(12)15)6-11(19-14(22)23)13(9)21-8-17-7-18-21/h2-4,7-9,11,13,19H,5-6,15H2,1H3,(H,22,23)/t9-,11+,13-/m0/s1. The molecule has 0 unspecified atom stereocenters. The fraction of sp³-hybridized carbons (Fsp3) is 0.429. The van der Waals surface area contributed by atoms with Crippen LogP contribution in [0.1, 0.15) is 13.0 Å². The molecule has 0 aromatic carbocycles. The number of aromatic nitrogens is 4. The molecular weight excluding hydrogens is 298 g/mol. The topological polar surface area (TPSA) is 122 Å². The second-order valence-corrected chi connectivity index (χ2v) is 5.74. The molecule has 0 aliphatic carbocycles. The van der Waals surface area contributed by atoms with E-state index >= 15 is 0 Å². The number of carbonyl (C=O) groups is 1. The minimum Gasteiger partial charge on any atom is -0.465 e. The van der Waals surface area contributed by atoms with Crippen LogP contribution in [0.25, 0.3) is 0 Å². The Morgan fingerprint density at radius 3 is 2.91 bits per heavy atom. The molecule has 3 atom stereocenters. The molecule has 1 saturated heterocycles. The number of amides is 1. The van der Waals surface area contributed by atoms with Gasteiger partial charge in [0.2, 0.25) is 0 Å². The Hall–Kier alpha value is -2.84. The molecule has 3 heterocycles. The Morgan fingerprint density at radius 1 is 1.43 bits per heavy atom. The Kier molecular flexibility index (Phi) is 4.00. The van der Waals surface area contributed by atoms with Crippen molar-refractivity contribution in [3.8, 4) is 0 Å². The number of hydrogen-bond acceptors (Lipinski definition) is 6. The minimum absolute atomic E-state index is 0.104. The number of rotatable bonds is 3. The van der Waals surface area contributed by atoms with E-state index in [4.69, 9.17) is 10.8 Å². The molecule has 3 rings (SSSR count). The molecule has 122 valence electrons. The Morgan fingerprint density at radius 2 is 2.26 bits per heavy atom. The lowest BCUT2D eigenvalue weighted by Crippen LogP contribution is -2.56. The first-order valence-corrected chi connectivity index (χ1v) is 7.34. The summed E-state index contributed by atoms with van der Waals surface area (Å²) in [6.45, 7) is 3.29. The van der Waals surface area contributed by atoms with Crippen molar-refractivity contribution < 1.29 is 9.90 Å². The maximum Gasteiger partial charge on any atom is 0.405 e. The second-order valence-electron chi connectivity index (χ2n) is 5.74. The maximum atomic E-state index is 11.2. The molecule has 1 fully saturated rings. The van der Waals surface area contributed by atoms with Gasteiger partial charge in [0, 0.05) is 19.3 Å². The van der Waals surface area contributed by atoms with Crippen LogP contribution < -0.4 is 16.0 Å². The third-order valence-electron chi connectivity index (χ3n) is 4.14.